The zero-order chi connectivity index (χ0) is 37.5. The summed E-state index contributed by atoms with van der Waals surface area (Å²) in [7, 11) is 0. The first-order chi connectivity index (χ1) is 28.3. The maximum Gasteiger partial charge on any atom is 0.0635 e. The van der Waals surface area contributed by atoms with Crippen LogP contribution in [0.25, 0.3) is 107 Å². The van der Waals surface area contributed by atoms with Crippen LogP contribution in [0.2, 0.25) is 0 Å². The van der Waals surface area contributed by atoms with E-state index in [4.69, 9.17) is 0 Å². The van der Waals surface area contributed by atoms with Crippen LogP contribution in [-0.2, 0) is 6.42 Å². The third-order valence-electron chi connectivity index (χ3n) is 12.1. The fourth-order valence-electron chi connectivity index (χ4n) is 9.67. The van der Waals surface area contributed by atoms with Crippen LogP contribution in [0.3, 0.4) is 0 Å². The molecule has 4 heterocycles. The van der Waals surface area contributed by atoms with Crippen molar-refractivity contribution < 1.29 is 0 Å². The van der Waals surface area contributed by atoms with Gasteiger partial charge in [-0.2, -0.15) is 0 Å². The predicted molar refractivity (Wildman–Crippen MR) is 244 cm³/mol. The highest BCUT2D eigenvalue weighted by Crippen LogP contribution is 2.43. The van der Waals surface area contributed by atoms with E-state index in [9.17, 15) is 0 Å². The molecule has 0 bridgehead atoms. The predicted octanol–water partition coefficient (Wildman–Crippen LogP) is 13.8. The molecular formula is C53H38N4. The van der Waals surface area contributed by atoms with Crippen LogP contribution in [0.15, 0.2) is 164 Å². The Bertz CT molecular complexity index is 3410. The number of para-hydroxylation sites is 3. The minimum absolute atomic E-state index is 0.867. The van der Waals surface area contributed by atoms with Crippen molar-refractivity contribution in [3.8, 4) is 5.69 Å². The average molecular weight is 731 g/mol. The number of allylic oxidation sites excluding steroid dienone is 11. The van der Waals surface area contributed by atoms with Gasteiger partial charge in [-0.05, 0) is 85.5 Å². The monoisotopic (exact) mass is 730 g/mol. The number of nitrogens with zero attached hydrogens (tertiary/aromatic N) is 4. The summed E-state index contributed by atoms with van der Waals surface area (Å²) in [6.07, 6.45) is 36.5. The van der Waals surface area contributed by atoms with E-state index < -0.39 is 0 Å². The Balaban J connectivity index is 1.15. The highest BCUT2D eigenvalue weighted by Gasteiger charge is 2.23. The van der Waals surface area contributed by atoms with Crippen LogP contribution in [0.5, 0.6) is 0 Å². The molecule has 0 spiro atoms. The molecule has 3 aliphatic rings. The van der Waals surface area contributed by atoms with Crippen molar-refractivity contribution in [2.24, 2.45) is 0 Å². The SMILES string of the molecule is C1=CCC=C(n2c3ccccc3c3c4c(ccc32)c2ccccc2n4/C=C/n2c3c(c4cc5c(cc42)c2c(n5-c4ccccc4)C=CCC=C2)CC=CC=C3)C=C1. The Morgan fingerprint density at radius 2 is 1.23 bits per heavy atom. The van der Waals surface area contributed by atoms with Gasteiger partial charge in [-0.15, -0.1) is 0 Å². The number of benzene rings is 5. The minimum atomic E-state index is 0.867. The Kier molecular flexibility index (Phi) is 7.08. The van der Waals surface area contributed by atoms with Gasteiger partial charge in [-0.25, -0.2) is 0 Å². The Labute approximate surface area is 330 Å². The summed E-state index contributed by atoms with van der Waals surface area (Å²) in [6.45, 7) is 0. The lowest BCUT2D eigenvalue weighted by Crippen LogP contribution is -1.96. The van der Waals surface area contributed by atoms with E-state index in [1.165, 1.54) is 99.3 Å². The fraction of sp³-hybridized carbons (Fsp3) is 0.0566. The zero-order valence-electron chi connectivity index (χ0n) is 31.4. The third kappa shape index (κ3) is 4.74. The minimum Gasteiger partial charge on any atom is -0.315 e. The molecule has 270 valence electrons. The lowest BCUT2D eigenvalue weighted by molar-refractivity contribution is 1.11. The largest absolute Gasteiger partial charge is 0.315 e. The molecule has 0 fully saturated rings. The maximum absolute atomic E-state index is 2.44. The van der Waals surface area contributed by atoms with Gasteiger partial charge < -0.3 is 18.3 Å². The first-order valence-electron chi connectivity index (χ1n) is 20.0. The lowest BCUT2D eigenvalue weighted by Gasteiger charge is -2.09. The number of aromatic nitrogens is 4. The van der Waals surface area contributed by atoms with Gasteiger partial charge in [0.25, 0.3) is 0 Å². The van der Waals surface area contributed by atoms with Crippen LogP contribution >= 0.6 is 0 Å². The smallest absolute Gasteiger partial charge is 0.0635 e. The highest BCUT2D eigenvalue weighted by molar-refractivity contribution is 6.26. The van der Waals surface area contributed by atoms with E-state index in [-0.39, 0.29) is 0 Å². The number of fused-ring (bicyclic) bond motifs is 13. The van der Waals surface area contributed by atoms with E-state index in [1.807, 2.05) is 0 Å². The molecule has 9 aromatic rings. The zero-order valence-corrected chi connectivity index (χ0v) is 31.4. The molecule has 4 aromatic heterocycles. The molecule has 0 atom stereocenters. The first-order valence-corrected chi connectivity index (χ1v) is 20.0. The lowest BCUT2D eigenvalue weighted by atomic mass is 10.0. The molecule has 0 unspecified atom stereocenters. The van der Waals surface area contributed by atoms with Crippen molar-refractivity contribution in [3.05, 3.63) is 186 Å². The van der Waals surface area contributed by atoms with Gasteiger partial charge in [0.05, 0.1) is 38.8 Å². The summed E-state index contributed by atoms with van der Waals surface area (Å²) in [4.78, 5) is 0. The second-order valence-corrected chi connectivity index (χ2v) is 15.2. The van der Waals surface area contributed by atoms with Crippen molar-refractivity contribution in [1.29, 1.82) is 0 Å². The van der Waals surface area contributed by atoms with Crippen LogP contribution in [-0.4, -0.2) is 18.3 Å². The van der Waals surface area contributed by atoms with E-state index in [2.05, 4.69) is 213 Å². The third-order valence-corrected chi connectivity index (χ3v) is 12.1. The van der Waals surface area contributed by atoms with Crippen LogP contribution in [0, 0.1) is 0 Å². The van der Waals surface area contributed by atoms with Crippen LogP contribution in [0.1, 0.15) is 35.4 Å². The van der Waals surface area contributed by atoms with Crippen molar-refractivity contribution in [2.45, 2.75) is 19.3 Å². The molecule has 0 amide bonds. The molecule has 0 saturated carbocycles. The average Bonchev–Trinajstić information content (AvgIpc) is 3.65. The van der Waals surface area contributed by atoms with Crippen molar-refractivity contribution >= 4 is 102 Å². The van der Waals surface area contributed by atoms with Gasteiger partial charge >= 0.3 is 0 Å². The summed E-state index contributed by atoms with van der Waals surface area (Å²) in [5, 5.41) is 7.56. The normalized spacial score (nSPS) is 15.1. The molecule has 0 aliphatic heterocycles. The summed E-state index contributed by atoms with van der Waals surface area (Å²) in [5.41, 5.74) is 14.7. The van der Waals surface area contributed by atoms with E-state index in [1.54, 1.807) is 0 Å². The molecule has 4 nitrogen and oxygen atoms in total. The van der Waals surface area contributed by atoms with Crippen molar-refractivity contribution in [2.75, 3.05) is 0 Å². The molecular weight excluding hydrogens is 693 g/mol. The van der Waals surface area contributed by atoms with Gasteiger partial charge in [-0.1, -0.05) is 121 Å². The van der Waals surface area contributed by atoms with Gasteiger partial charge in [0.2, 0.25) is 0 Å². The topological polar surface area (TPSA) is 19.7 Å². The van der Waals surface area contributed by atoms with Crippen LogP contribution in [0.4, 0.5) is 0 Å². The van der Waals surface area contributed by atoms with Gasteiger partial charge in [0.15, 0.2) is 0 Å². The number of hydrogen-bond donors (Lipinski definition) is 0. The molecule has 12 rings (SSSR count). The molecule has 4 heteroatoms. The molecule has 3 aliphatic carbocycles. The van der Waals surface area contributed by atoms with Crippen molar-refractivity contribution in [3.63, 3.8) is 0 Å². The Morgan fingerprint density at radius 1 is 0.456 bits per heavy atom. The Hall–Kier alpha value is -7.30. The second kappa shape index (κ2) is 12.6. The highest BCUT2D eigenvalue weighted by atomic mass is 15.0. The molecule has 0 N–H and O–H groups in total. The van der Waals surface area contributed by atoms with E-state index >= 15 is 0 Å². The standard InChI is InChI=1S/C53H38N4/c1-2-7-19-36(18-6-1)56-48-29-17-15-25-42(48)52-49(56)31-30-41-38-24-14-16-27-46(38)55(53(41)52)33-32-54-45-26-12-4-10-22-39(45)43-35-51-44(34-50(43)54)40-23-11-5-13-28-47(40)57(51)37-20-8-3-9-21-37/h1-4,6,8-21,23-35H,5,7,22H2/b33-32+. The quantitative estimate of drug-likeness (QED) is 0.172. The fourth-order valence-corrected chi connectivity index (χ4v) is 9.67. The number of rotatable bonds is 4. The molecule has 0 radical (unpaired) electrons. The summed E-state index contributed by atoms with van der Waals surface area (Å²) in [6, 6.07) is 38.0. The van der Waals surface area contributed by atoms with Gasteiger partial charge in [0, 0.05) is 67.4 Å². The van der Waals surface area contributed by atoms with Gasteiger partial charge in [0.1, 0.15) is 0 Å². The van der Waals surface area contributed by atoms with Crippen molar-refractivity contribution in [1.82, 2.24) is 18.3 Å². The molecule has 57 heavy (non-hydrogen) atoms. The van der Waals surface area contributed by atoms with Crippen LogP contribution < -0.4 is 0 Å². The summed E-state index contributed by atoms with van der Waals surface area (Å²) in [5.74, 6) is 0. The van der Waals surface area contributed by atoms with E-state index in [0.717, 1.165) is 19.3 Å². The number of hydrogen-bond acceptors (Lipinski definition) is 0. The van der Waals surface area contributed by atoms with Gasteiger partial charge in [-0.3, -0.25) is 0 Å². The molecule has 0 saturated heterocycles. The summed E-state index contributed by atoms with van der Waals surface area (Å²) < 4.78 is 9.74. The maximum atomic E-state index is 2.44. The molecule has 5 aromatic carbocycles. The second-order valence-electron chi connectivity index (χ2n) is 15.2. The Morgan fingerprint density at radius 3 is 2.16 bits per heavy atom. The first kappa shape index (κ1) is 32.0. The summed E-state index contributed by atoms with van der Waals surface area (Å²) >= 11 is 0. The van der Waals surface area contributed by atoms with E-state index in [0.29, 0.717) is 0 Å².